The van der Waals surface area contributed by atoms with E-state index in [1.807, 2.05) is 32.0 Å². The summed E-state index contributed by atoms with van der Waals surface area (Å²) in [4.78, 5) is 12.5. The lowest BCUT2D eigenvalue weighted by atomic mass is 10.0. The first-order valence-corrected chi connectivity index (χ1v) is 6.67. The Hall–Kier alpha value is -2.01. The first-order valence-electron chi connectivity index (χ1n) is 6.67. The summed E-state index contributed by atoms with van der Waals surface area (Å²) in [6.45, 7) is 4.00. The van der Waals surface area contributed by atoms with Crippen molar-refractivity contribution in [3.8, 4) is 11.4 Å². The minimum atomic E-state index is -0.115. The third kappa shape index (κ3) is 2.63. The molecular formula is C15H20N2O3. The quantitative estimate of drug-likeness (QED) is 0.875. The number of rotatable bonds is 5. The second kappa shape index (κ2) is 5.96. The van der Waals surface area contributed by atoms with Crippen LogP contribution in [0.15, 0.2) is 29.1 Å². The zero-order valence-corrected chi connectivity index (χ0v) is 12.0. The van der Waals surface area contributed by atoms with Gasteiger partial charge < -0.3 is 9.84 Å². The molecule has 1 aromatic carbocycles. The van der Waals surface area contributed by atoms with Gasteiger partial charge in [-0.2, -0.15) is 0 Å². The van der Waals surface area contributed by atoms with Gasteiger partial charge in [-0.1, -0.05) is 19.9 Å². The fraction of sp³-hybridized carbons (Fsp3) is 0.400. The van der Waals surface area contributed by atoms with E-state index in [0.717, 1.165) is 11.4 Å². The van der Waals surface area contributed by atoms with Crippen LogP contribution in [0.4, 0.5) is 0 Å². The number of aromatic nitrogens is 2. The van der Waals surface area contributed by atoms with E-state index in [0.29, 0.717) is 17.7 Å². The number of hydrogen-bond donors (Lipinski definition) is 2. The van der Waals surface area contributed by atoms with E-state index in [9.17, 15) is 4.79 Å². The van der Waals surface area contributed by atoms with Gasteiger partial charge in [0.15, 0.2) is 0 Å². The van der Waals surface area contributed by atoms with Gasteiger partial charge >= 0.3 is 0 Å². The summed E-state index contributed by atoms with van der Waals surface area (Å²) in [6.07, 6.45) is 0.361. The topological polar surface area (TPSA) is 67.2 Å². The molecule has 0 amide bonds. The molecule has 5 heteroatoms. The summed E-state index contributed by atoms with van der Waals surface area (Å²) in [5.41, 5.74) is 2.12. The van der Waals surface area contributed by atoms with Crippen molar-refractivity contribution in [2.45, 2.75) is 26.2 Å². The summed E-state index contributed by atoms with van der Waals surface area (Å²) in [5, 5.41) is 12.3. The van der Waals surface area contributed by atoms with Crippen molar-refractivity contribution in [3.63, 3.8) is 0 Å². The minimum absolute atomic E-state index is 0.0368. The van der Waals surface area contributed by atoms with Crippen LogP contribution in [0, 0.1) is 0 Å². The molecule has 0 spiro atoms. The van der Waals surface area contributed by atoms with Crippen LogP contribution in [-0.4, -0.2) is 28.6 Å². The van der Waals surface area contributed by atoms with E-state index < -0.39 is 0 Å². The molecule has 0 saturated carbocycles. The highest BCUT2D eigenvalue weighted by atomic mass is 16.5. The van der Waals surface area contributed by atoms with Crippen molar-refractivity contribution < 1.29 is 9.84 Å². The molecule has 1 aromatic heterocycles. The Labute approximate surface area is 117 Å². The van der Waals surface area contributed by atoms with Crippen LogP contribution in [0.25, 0.3) is 5.69 Å². The van der Waals surface area contributed by atoms with Gasteiger partial charge in [-0.3, -0.25) is 9.89 Å². The van der Waals surface area contributed by atoms with Crippen molar-refractivity contribution in [1.82, 2.24) is 9.78 Å². The number of hydrogen-bond acceptors (Lipinski definition) is 3. The zero-order chi connectivity index (χ0) is 14.7. The Balaban J connectivity index is 2.56. The molecule has 5 nitrogen and oxygen atoms in total. The lowest BCUT2D eigenvalue weighted by molar-refractivity contribution is 0.299. The second-order valence-electron chi connectivity index (χ2n) is 4.97. The summed E-state index contributed by atoms with van der Waals surface area (Å²) < 4.78 is 6.68. The largest absolute Gasteiger partial charge is 0.497 e. The summed E-state index contributed by atoms with van der Waals surface area (Å²) in [6, 6.07) is 7.30. The molecule has 0 atom stereocenters. The maximum absolute atomic E-state index is 12.5. The number of nitrogens with zero attached hydrogens (tertiary/aromatic N) is 1. The van der Waals surface area contributed by atoms with Gasteiger partial charge in [-0.15, -0.1) is 0 Å². The maximum atomic E-state index is 12.5. The van der Waals surface area contributed by atoms with Crippen LogP contribution in [0.5, 0.6) is 5.75 Å². The van der Waals surface area contributed by atoms with Crippen LogP contribution in [-0.2, 0) is 6.42 Å². The molecule has 0 unspecified atom stereocenters. The van der Waals surface area contributed by atoms with Gasteiger partial charge in [-0.05, 0) is 18.1 Å². The first kappa shape index (κ1) is 14.4. The highest BCUT2D eigenvalue weighted by Gasteiger charge is 2.17. The van der Waals surface area contributed by atoms with Crippen molar-refractivity contribution in [1.29, 1.82) is 0 Å². The fourth-order valence-corrected chi connectivity index (χ4v) is 2.25. The lowest BCUT2D eigenvalue weighted by Crippen LogP contribution is -2.18. The van der Waals surface area contributed by atoms with E-state index >= 15 is 0 Å². The molecule has 0 aliphatic heterocycles. The number of methoxy groups -OCH3 is 1. The number of H-pyrrole nitrogens is 1. The van der Waals surface area contributed by atoms with Crippen LogP contribution in [0.1, 0.15) is 31.0 Å². The molecule has 0 bridgehead atoms. The molecule has 1 heterocycles. The van der Waals surface area contributed by atoms with E-state index in [4.69, 9.17) is 9.84 Å². The Morgan fingerprint density at radius 3 is 2.75 bits per heavy atom. The number of nitrogens with one attached hydrogen (secondary N) is 1. The third-order valence-electron chi connectivity index (χ3n) is 3.27. The SMILES string of the molecule is COc1cccc(-n2[nH]c(C(C)C)c(CCO)c2=O)c1. The predicted molar refractivity (Wildman–Crippen MR) is 77.8 cm³/mol. The van der Waals surface area contributed by atoms with Crippen LogP contribution < -0.4 is 10.3 Å². The van der Waals surface area contributed by atoms with Crippen LogP contribution >= 0.6 is 0 Å². The molecule has 2 N–H and O–H groups in total. The van der Waals surface area contributed by atoms with Gasteiger partial charge in [-0.25, -0.2) is 4.68 Å². The normalized spacial score (nSPS) is 11.1. The highest BCUT2D eigenvalue weighted by molar-refractivity contribution is 5.40. The smallest absolute Gasteiger partial charge is 0.274 e. The van der Waals surface area contributed by atoms with E-state index in [2.05, 4.69) is 5.10 Å². The summed E-state index contributed by atoms with van der Waals surface area (Å²) in [5.74, 6) is 0.884. The lowest BCUT2D eigenvalue weighted by Gasteiger charge is -2.06. The molecule has 2 rings (SSSR count). The van der Waals surface area contributed by atoms with Gasteiger partial charge in [0, 0.05) is 30.4 Å². The average molecular weight is 276 g/mol. The van der Waals surface area contributed by atoms with Crippen molar-refractivity contribution in [2.75, 3.05) is 13.7 Å². The molecular weight excluding hydrogens is 256 g/mol. The second-order valence-corrected chi connectivity index (χ2v) is 4.97. The van der Waals surface area contributed by atoms with Gasteiger partial charge in [0.05, 0.1) is 12.8 Å². The number of aromatic amines is 1. The molecule has 2 aromatic rings. The minimum Gasteiger partial charge on any atom is -0.497 e. The van der Waals surface area contributed by atoms with E-state index in [-0.39, 0.29) is 18.1 Å². The molecule has 0 fully saturated rings. The molecule has 0 aliphatic carbocycles. The van der Waals surface area contributed by atoms with Crippen molar-refractivity contribution in [2.24, 2.45) is 0 Å². The Kier molecular flexibility index (Phi) is 4.29. The monoisotopic (exact) mass is 276 g/mol. The molecule has 0 aliphatic rings. The van der Waals surface area contributed by atoms with E-state index in [1.54, 1.807) is 13.2 Å². The third-order valence-corrected chi connectivity index (χ3v) is 3.27. The number of aliphatic hydroxyl groups is 1. The van der Waals surface area contributed by atoms with Gasteiger partial charge in [0.2, 0.25) is 0 Å². The van der Waals surface area contributed by atoms with E-state index in [1.165, 1.54) is 4.68 Å². The summed E-state index contributed by atoms with van der Waals surface area (Å²) in [7, 11) is 1.59. The summed E-state index contributed by atoms with van der Waals surface area (Å²) >= 11 is 0. The van der Waals surface area contributed by atoms with Gasteiger partial charge in [0.25, 0.3) is 5.56 Å². The Morgan fingerprint density at radius 1 is 1.40 bits per heavy atom. The number of aliphatic hydroxyl groups excluding tert-OH is 1. The number of ether oxygens (including phenoxy) is 1. The fourth-order valence-electron chi connectivity index (χ4n) is 2.25. The van der Waals surface area contributed by atoms with Crippen molar-refractivity contribution >= 4 is 0 Å². The van der Waals surface area contributed by atoms with Crippen LogP contribution in [0.2, 0.25) is 0 Å². The average Bonchev–Trinajstić information content (AvgIpc) is 2.77. The zero-order valence-electron chi connectivity index (χ0n) is 12.0. The predicted octanol–water partition coefficient (Wildman–Crippen LogP) is 1.83. The first-order chi connectivity index (χ1) is 9.58. The highest BCUT2D eigenvalue weighted by Crippen LogP contribution is 2.19. The molecule has 0 radical (unpaired) electrons. The maximum Gasteiger partial charge on any atom is 0.274 e. The Bertz CT molecular complexity index is 641. The Morgan fingerprint density at radius 2 is 2.15 bits per heavy atom. The number of benzene rings is 1. The standard InChI is InChI=1S/C15H20N2O3/c1-10(2)14-13(7-8-18)15(19)17(16-14)11-5-4-6-12(9-11)20-3/h4-6,9-10,16,18H,7-8H2,1-3H3. The molecule has 108 valence electrons. The van der Waals surface area contributed by atoms with Crippen molar-refractivity contribution in [3.05, 3.63) is 45.9 Å². The van der Waals surface area contributed by atoms with Crippen LogP contribution in [0.3, 0.4) is 0 Å². The molecule has 20 heavy (non-hydrogen) atoms. The molecule has 0 saturated heterocycles. The van der Waals surface area contributed by atoms with Gasteiger partial charge in [0.1, 0.15) is 5.75 Å².